The second kappa shape index (κ2) is 4.56. The Kier molecular flexibility index (Phi) is 3.04. The van der Waals surface area contributed by atoms with Crippen molar-refractivity contribution in [2.45, 2.75) is 57.5 Å². The van der Waals surface area contributed by atoms with Crippen LogP contribution in [-0.4, -0.2) is 46.8 Å². The summed E-state index contributed by atoms with van der Waals surface area (Å²) < 4.78 is 0. The minimum atomic E-state index is -0.136. The van der Waals surface area contributed by atoms with E-state index in [1.165, 1.54) is 12.8 Å². The van der Waals surface area contributed by atoms with Gasteiger partial charge in [0.25, 0.3) is 0 Å². The first-order chi connectivity index (χ1) is 8.72. The second-order valence-corrected chi connectivity index (χ2v) is 5.92. The van der Waals surface area contributed by atoms with E-state index in [1.54, 1.807) is 0 Å². The predicted octanol–water partition coefficient (Wildman–Crippen LogP) is 1.40. The van der Waals surface area contributed by atoms with Gasteiger partial charge in [-0.05, 0) is 38.0 Å². The molecule has 0 aromatic heterocycles. The average molecular weight is 250 g/mol. The van der Waals surface area contributed by atoms with E-state index in [9.17, 15) is 9.59 Å². The molecular formula is C14H22N2O2. The third-order valence-electron chi connectivity index (χ3n) is 4.64. The zero-order valence-corrected chi connectivity index (χ0v) is 11.1. The van der Waals surface area contributed by atoms with Crippen LogP contribution in [0.15, 0.2) is 0 Å². The van der Waals surface area contributed by atoms with Crippen molar-refractivity contribution in [3.05, 3.63) is 0 Å². The van der Waals surface area contributed by atoms with E-state index >= 15 is 0 Å². The average Bonchev–Trinajstić information content (AvgIpc) is 3.14. The highest BCUT2D eigenvalue weighted by Gasteiger charge is 2.49. The van der Waals surface area contributed by atoms with Crippen molar-refractivity contribution in [2.75, 3.05) is 13.1 Å². The quantitative estimate of drug-likeness (QED) is 0.759. The van der Waals surface area contributed by atoms with Gasteiger partial charge >= 0.3 is 0 Å². The molecule has 2 saturated heterocycles. The number of carbonyl (C=O) groups excluding carboxylic acids is 2. The maximum absolute atomic E-state index is 12.5. The van der Waals surface area contributed by atoms with Crippen molar-refractivity contribution < 1.29 is 9.59 Å². The van der Waals surface area contributed by atoms with Crippen LogP contribution in [0.4, 0.5) is 0 Å². The summed E-state index contributed by atoms with van der Waals surface area (Å²) in [4.78, 5) is 28.3. The molecular weight excluding hydrogens is 228 g/mol. The van der Waals surface area contributed by atoms with Crippen LogP contribution < -0.4 is 0 Å². The van der Waals surface area contributed by atoms with Crippen LogP contribution in [0.5, 0.6) is 0 Å². The Morgan fingerprint density at radius 1 is 1.22 bits per heavy atom. The zero-order valence-electron chi connectivity index (χ0n) is 11.1. The molecule has 3 aliphatic rings. The first-order valence-corrected chi connectivity index (χ1v) is 7.32. The number of fused-ring (bicyclic) bond motifs is 1. The van der Waals surface area contributed by atoms with Crippen LogP contribution in [0, 0.1) is 5.92 Å². The summed E-state index contributed by atoms with van der Waals surface area (Å²) in [5, 5.41) is 0. The normalized spacial score (nSPS) is 35.7. The number of hydrogen-bond acceptors (Lipinski definition) is 2. The van der Waals surface area contributed by atoms with Crippen LogP contribution in [-0.2, 0) is 9.59 Å². The molecule has 0 aromatic rings. The van der Waals surface area contributed by atoms with E-state index in [0.29, 0.717) is 18.5 Å². The Hall–Kier alpha value is -1.06. The lowest BCUT2D eigenvalue weighted by atomic mass is 9.98. The van der Waals surface area contributed by atoms with Crippen LogP contribution in [0.3, 0.4) is 0 Å². The first-order valence-electron chi connectivity index (χ1n) is 7.32. The van der Waals surface area contributed by atoms with Gasteiger partial charge in [0, 0.05) is 12.6 Å². The van der Waals surface area contributed by atoms with Crippen molar-refractivity contribution >= 4 is 11.8 Å². The molecule has 0 bridgehead atoms. The molecule has 1 aliphatic carbocycles. The van der Waals surface area contributed by atoms with Crippen molar-refractivity contribution in [3.8, 4) is 0 Å². The van der Waals surface area contributed by atoms with Gasteiger partial charge in [-0.3, -0.25) is 9.59 Å². The lowest BCUT2D eigenvalue weighted by molar-refractivity contribution is -0.158. The first kappa shape index (κ1) is 12.0. The Morgan fingerprint density at radius 2 is 2.06 bits per heavy atom. The van der Waals surface area contributed by atoms with Crippen molar-refractivity contribution in [1.82, 2.24) is 9.80 Å². The van der Waals surface area contributed by atoms with Gasteiger partial charge < -0.3 is 9.80 Å². The summed E-state index contributed by atoms with van der Waals surface area (Å²) in [6.07, 6.45) is 6.48. The summed E-state index contributed by atoms with van der Waals surface area (Å²) in [5.74, 6) is 1.04. The molecule has 18 heavy (non-hydrogen) atoms. The molecule has 0 spiro atoms. The van der Waals surface area contributed by atoms with Crippen LogP contribution in [0.1, 0.15) is 45.4 Å². The number of piperidine rings is 1. The molecule has 3 fully saturated rings. The van der Waals surface area contributed by atoms with Gasteiger partial charge in [-0.15, -0.1) is 0 Å². The molecule has 0 aromatic carbocycles. The maximum Gasteiger partial charge on any atom is 0.246 e. The van der Waals surface area contributed by atoms with Crippen LogP contribution in [0.2, 0.25) is 0 Å². The molecule has 0 N–H and O–H groups in total. The second-order valence-electron chi connectivity index (χ2n) is 5.92. The number of carbonyl (C=O) groups is 2. The van der Waals surface area contributed by atoms with E-state index < -0.39 is 0 Å². The SMILES string of the molecule is CCCC1CC1N1CC(=O)N2CCCCC2C1=O. The predicted molar refractivity (Wildman–Crippen MR) is 67.9 cm³/mol. The van der Waals surface area contributed by atoms with Gasteiger partial charge in [0.2, 0.25) is 11.8 Å². The maximum atomic E-state index is 12.5. The number of piperazine rings is 1. The lowest BCUT2D eigenvalue weighted by Crippen LogP contribution is -2.61. The van der Waals surface area contributed by atoms with Crippen LogP contribution in [0.25, 0.3) is 0 Å². The lowest BCUT2D eigenvalue weighted by Gasteiger charge is -2.43. The van der Waals surface area contributed by atoms with Crippen LogP contribution >= 0.6 is 0 Å². The van der Waals surface area contributed by atoms with Gasteiger partial charge in [0.15, 0.2) is 0 Å². The van der Waals surface area contributed by atoms with Gasteiger partial charge in [-0.2, -0.15) is 0 Å². The van der Waals surface area contributed by atoms with E-state index in [1.807, 2.05) is 9.80 Å². The molecule has 1 saturated carbocycles. The van der Waals surface area contributed by atoms with Gasteiger partial charge in [0.1, 0.15) is 12.6 Å². The summed E-state index contributed by atoms with van der Waals surface area (Å²) in [5.41, 5.74) is 0. The highest BCUT2D eigenvalue weighted by Crippen LogP contribution is 2.41. The Labute approximate surface area is 108 Å². The fourth-order valence-electron chi connectivity index (χ4n) is 3.57. The number of hydrogen-bond donors (Lipinski definition) is 0. The Morgan fingerprint density at radius 3 is 2.83 bits per heavy atom. The fourth-order valence-corrected chi connectivity index (χ4v) is 3.57. The van der Waals surface area contributed by atoms with Gasteiger partial charge in [-0.25, -0.2) is 0 Å². The Bertz CT molecular complexity index is 369. The Balaban J connectivity index is 1.70. The minimum absolute atomic E-state index is 0.136. The monoisotopic (exact) mass is 250 g/mol. The minimum Gasteiger partial charge on any atom is -0.329 e. The third-order valence-corrected chi connectivity index (χ3v) is 4.64. The number of rotatable bonds is 3. The van der Waals surface area contributed by atoms with Crippen molar-refractivity contribution in [2.24, 2.45) is 5.92 Å². The highest BCUT2D eigenvalue weighted by molar-refractivity contribution is 5.95. The van der Waals surface area contributed by atoms with Gasteiger partial charge in [0.05, 0.1) is 0 Å². The molecule has 100 valence electrons. The summed E-state index contributed by atoms with van der Waals surface area (Å²) in [7, 11) is 0. The summed E-state index contributed by atoms with van der Waals surface area (Å²) >= 11 is 0. The van der Waals surface area contributed by atoms with E-state index in [4.69, 9.17) is 0 Å². The molecule has 3 atom stereocenters. The van der Waals surface area contributed by atoms with E-state index in [2.05, 4.69) is 6.92 Å². The molecule has 0 radical (unpaired) electrons. The largest absolute Gasteiger partial charge is 0.329 e. The third kappa shape index (κ3) is 1.91. The number of amides is 2. The molecule has 2 heterocycles. The molecule has 3 unspecified atom stereocenters. The van der Waals surface area contributed by atoms with Crippen molar-refractivity contribution in [1.29, 1.82) is 0 Å². The van der Waals surface area contributed by atoms with E-state index in [0.717, 1.165) is 32.2 Å². The summed E-state index contributed by atoms with van der Waals surface area (Å²) in [6.45, 7) is 3.30. The molecule has 4 nitrogen and oxygen atoms in total. The molecule has 4 heteroatoms. The molecule has 2 amide bonds. The zero-order chi connectivity index (χ0) is 12.7. The van der Waals surface area contributed by atoms with Crippen molar-refractivity contribution in [3.63, 3.8) is 0 Å². The molecule has 3 rings (SSSR count). The number of nitrogens with zero attached hydrogens (tertiary/aromatic N) is 2. The molecule has 2 aliphatic heterocycles. The smallest absolute Gasteiger partial charge is 0.246 e. The topological polar surface area (TPSA) is 40.6 Å². The fraction of sp³-hybridized carbons (Fsp3) is 0.857. The summed E-state index contributed by atoms with van der Waals surface area (Å²) in [6, 6.07) is 0.230. The standard InChI is InChI=1S/C14H22N2O2/c1-2-5-10-8-12(10)16-9-13(17)15-7-4-3-6-11(15)14(16)18/h10-12H,2-9H2,1H3. The highest BCUT2D eigenvalue weighted by atomic mass is 16.2. The van der Waals surface area contributed by atoms with Gasteiger partial charge in [-0.1, -0.05) is 13.3 Å². The van der Waals surface area contributed by atoms with E-state index in [-0.39, 0.29) is 17.9 Å².